The maximum absolute atomic E-state index is 12.3. The van der Waals surface area contributed by atoms with Gasteiger partial charge in [-0.15, -0.1) is 11.3 Å². The second-order valence-electron chi connectivity index (χ2n) is 5.67. The molecular weight excluding hydrogens is 262 g/mol. The molecule has 2 heterocycles. The molecule has 1 atom stereocenters. The van der Waals surface area contributed by atoms with Gasteiger partial charge in [0, 0.05) is 6.54 Å². The summed E-state index contributed by atoms with van der Waals surface area (Å²) in [5.41, 5.74) is -0.517. The Bertz CT molecular complexity index is 462. The molecule has 1 fully saturated rings. The van der Waals surface area contributed by atoms with Gasteiger partial charge in [-0.05, 0) is 45.1 Å². The summed E-state index contributed by atoms with van der Waals surface area (Å²) in [5, 5.41) is 1.87. The Kier molecular flexibility index (Phi) is 3.94. The number of amides is 1. The molecule has 1 amide bonds. The van der Waals surface area contributed by atoms with Crippen LogP contribution in [-0.4, -0.2) is 35.0 Å². The van der Waals surface area contributed by atoms with Crippen LogP contribution in [0.4, 0.5) is 0 Å². The van der Waals surface area contributed by atoms with E-state index in [0.717, 1.165) is 6.42 Å². The van der Waals surface area contributed by atoms with Crippen molar-refractivity contribution >= 4 is 23.2 Å². The van der Waals surface area contributed by atoms with E-state index < -0.39 is 11.6 Å². The molecule has 1 aromatic rings. The van der Waals surface area contributed by atoms with E-state index in [0.29, 0.717) is 17.8 Å². The van der Waals surface area contributed by atoms with Gasteiger partial charge in [0.2, 0.25) is 0 Å². The van der Waals surface area contributed by atoms with Crippen molar-refractivity contribution in [3.8, 4) is 0 Å². The number of carbonyl (C=O) groups excluding carboxylic acids is 2. The van der Waals surface area contributed by atoms with E-state index in [1.807, 2.05) is 32.2 Å². The molecule has 0 N–H and O–H groups in total. The third-order valence-electron chi connectivity index (χ3n) is 2.92. The van der Waals surface area contributed by atoms with Gasteiger partial charge in [-0.3, -0.25) is 4.79 Å². The van der Waals surface area contributed by atoms with Gasteiger partial charge >= 0.3 is 5.97 Å². The molecule has 0 aliphatic carbocycles. The van der Waals surface area contributed by atoms with Crippen LogP contribution in [-0.2, 0) is 9.53 Å². The highest BCUT2D eigenvalue weighted by Gasteiger charge is 2.37. The first-order chi connectivity index (χ1) is 8.88. The summed E-state index contributed by atoms with van der Waals surface area (Å²) < 4.78 is 5.39. The molecular formula is C14H19NO3S. The van der Waals surface area contributed by atoms with Crippen molar-refractivity contribution in [1.82, 2.24) is 4.90 Å². The van der Waals surface area contributed by atoms with Crippen LogP contribution in [0.15, 0.2) is 17.5 Å². The number of nitrogens with zero attached hydrogens (tertiary/aromatic N) is 1. The van der Waals surface area contributed by atoms with Gasteiger partial charge in [-0.25, -0.2) is 4.79 Å². The zero-order valence-corrected chi connectivity index (χ0v) is 12.3. The Labute approximate surface area is 117 Å². The minimum atomic E-state index is -0.517. The first-order valence-electron chi connectivity index (χ1n) is 6.46. The topological polar surface area (TPSA) is 46.6 Å². The zero-order valence-electron chi connectivity index (χ0n) is 11.5. The van der Waals surface area contributed by atoms with Gasteiger partial charge in [0.1, 0.15) is 11.6 Å². The molecule has 1 aromatic heterocycles. The third kappa shape index (κ3) is 3.35. The molecule has 0 unspecified atom stereocenters. The molecule has 1 aliphatic heterocycles. The van der Waals surface area contributed by atoms with Crippen LogP contribution >= 0.6 is 11.3 Å². The maximum atomic E-state index is 12.3. The van der Waals surface area contributed by atoms with Crippen LogP contribution < -0.4 is 0 Å². The molecule has 19 heavy (non-hydrogen) atoms. The SMILES string of the molecule is CC(C)(C)OC(=O)[C@@H]1CCCN1C(=O)c1cccs1. The molecule has 1 aliphatic rings. The molecule has 0 radical (unpaired) electrons. The van der Waals surface area contributed by atoms with Gasteiger partial charge in [-0.1, -0.05) is 6.07 Å². The molecule has 104 valence electrons. The Morgan fingerprint density at radius 3 is 2.74 bits per heavy atom. The van der Waals surface area contributed by atoms with E-state index in [9.17, 15) is 9.59 Å². The van der Waals surface area contributed by atoms with Gasteiger partial charge in [0.25, 0.3) is 5.91 Å². The van der Waals surface area contributed by atoms with Crippen LogP contribution in [0.3, 0.4) is 0 Å². The number of hydrogen-bond acceptors (Lipinski definition) is 4. The Morgan fingerprint density at radius 1 is 1.42 bits per heavy atom. The highest BCUT2D eigenvalue weighted by molar-refractivity contribution is 7.12. The fraction of sp³-hybridized carbons (Fsp3) is 0.571. The monoisotopic (exact) mass is 281 g/mol. The highest BCUT2D eigenvalue weighted by atomic mass is 32.1. The maximum Gasteiger partial charge on any atom is 0.329 e. The Morgan fingerprint density at radius 2 is 2.16 bits per heavy atom. The minimum absolute atomic E-state index is 0.0663. The summed E-state index contributed by atoms with van der Waals surface area (Å²) in [6, 6.07) is 3.20. The Balaban J connectivity index is 2.09. The first-order valence-corrected chi connectivity index (χ1v) is 7.34. The summed E-state index contributed by atoms with van der Waals surface area (Å²) in [6.07, 6.45) is 1.53. The predicted octanol–water partition coefficient (Wildman–Crippen LogP) is 2.69. The average Bonchev–Trinajstić information content (AvgIpc) is 2.97. The first kappa shape index (κ1) is 14.1. The lowest BCUT2D eigenvalue weighted by atomic mass is 10.1. The number of likely N-dealkylation sites (tertiary alicyclic amines) is 1. The molecule has 2 rings (SSSR count). The van der Waals surface area contributed by atoms with E-state index >= 15 is 0 Å². The van der Waals surface area contributed by atoms with Gasteiger partial charge in [0.05, 0.1) is 4.88 Å². The van der Waals surface area contributed by atoms with Crippen LogP contribution in [0.5, 0.6) is 0 Å². The predicted molar refractivity (Wildman–Crippen MR) is 74.2 cm³/mol. The number of rotatable bonds is 2. The molecule has 4 nitrogen and oxygen atoms in total. The fourth-order valence-electron chi connectivity index (χ4n) is 2.17. The number of ether oxygens (including phenoxy) is 1. The second kappa shape index (κ2) is 5.33. The molecule has 0 saturated carbocycles. The number of esters is 1. The van der Waals surface area contributed by atoms with Gasteiger partial charge in [-0.2, -0.15) is 0 Å². The van der Waals surface area contributed by atoms with Crippen molar-refractivity contribution in [3.05, 3.63) is 22.4 Å². The van der Waals surface area contributed by atoms with Gasteiger partial charge < -0.3 is 9.64 Å². The largest absolute Gasteiger partial charge is 0.458 e. The van der Waals surface area contributed by atoms with Gasteiger partial charge in [0.15, 0.2) is 0 Å². The van der Waals surface area contributed by atoms with Crippen molar-refractivity contribution in [1.29, 1.82) is 0 Å². The quantitative estimate of drug-likeness (QED) is 0.783. The number of thiophene rings is 1. The van der Waals surface area contributed by atoms with Crippen LogP contribution in [0.25, 0.3) is 0 Å². The lowest BCUT2D eigenvalue weighted by molar-refractivity contribution is -0.159. The average molecular weight is 281 g/mol. The minimum Gasteiger partial charge on any atom is -0.458 e. The molecule has 0 spiro atoms. The fourth-order valence-corrected chi connectivity index (χ4v) is 2.85. The van der Waals surface area contributed by atoms with E-state index in [1.165, 1.54) is 11.3 Å². The van der Waals surface area contributed by atoms with E-state index in [1.54, 1.807) is 11.0 Å². The summed E-state index contributed by atoms with van der Waals surface area (Å²) in [4.78, 5) is 26.8. The van der Waals surface area contributed by atoms with Crippen molar-refractivity contribution in [2.75, 3.05) is 6.54 Å². The molecule has 5 heteroatoms. The van der Waals surface area contributed by atoms with E-state index in [2.05, 4.69) is 0 Å². The summed E-state index contributed by atoms with van der Waals surface area (Å²) in [5.74, 6) is -0.363. The summed E-state index contributed by atoms with van der Waals surface area (Å²) >= 11 is 1.40. The van der Waals surface area contributed by atoms with E-state index in [-0.39, 0.29) is 11.9 Å². The van der Waals surface area contributed by atoms with Crippen LogP contribution in [0, 0.1) is 0 Å². The highest BCUT2D eigenvalue weighted by Crippen LogP contribution is 2.24. The zero-order chi connectivity index (χ0) is 14.0. The lowest BCUT2D eigenvalue weighted by Gasteiger charge is -2.27. The summed E-state index contributed by atoms with van der Waals surface area (Å²) in [6.45, 7) is 6.14. The lowest BCUT2D eigenvalue weighted by Crippen LogP contribution is -2.43. The summed E-state index contributed by atoms with van der Waals surface area (Å²) in [7, 11) is 0. The molecule has 1 saturated heterocycles. The number of hydrogen-bond donors (Lipinski definition) is 0. The normalized spacial score (nSPS) is 19.5. The van der Waals surface area contributed by atoms with Crippen molar-refractivity contribution in [2.24, 2.45) is 0 Å². The number of carbonyl (C=O) groups is 2. The smallest absolute Gasteiger partial charge is 0.329 e. The van der Waals surface area contributed by atoms with Crippen LogP contribution in [0.2, 0.25) is 0 Å². The molecule has 0 aromatic carbocycles. The van der Waals surface area contributed by atoms with Crippen molar-refractivity contribution in [2.45, 2.75) is 45.3 Å². The second-order valence-corrected chi connectivity index (χ2v) is 6.62. The van der Waals surface area contributed by atoms with E-state index in [4.69, 9.17) is 4.74 Å². The Hall–Kier alpha value is -1.36. The van der Waals surface area contributed by atoms with Crippen LogP contribution in [0.1, 0.15) is 43.3 Å². The standard InChI is InChI=1S/C14H19NO3S/c1-14(2,3)18-13(17)10-6-4-8-15(10)12(16)11-7-5-9-19-11/h5,7,9-10H,4,6,8H2,1-3H3/t10-/m0/s1. The third-order valence-corrected chi connectivity index (χ3v) is 3.78. The van der Waals surface area contributed by atoms with Crippen molar-refractivity contribution < 1.29 is 14.3 Å². The van der Waals surface area contributed by atoms with Crippen molar-refractivity contribution in [3.63, 3.8) is 0 Å². The molecule has 0 bridgehead atoms.